The van der Waals surface area contributed by atoms with Crippen molar-refractivity contribution >= 4 is 11.4 Å². The van der Waals surface area contributed by atoms with E-state index in [0.717, 1.165) is 18.9 Å². The number of benzene rings is 1. The number of nitrogens with zero attached hydrogens (tertiary/aromatic N) is 2. The van der Waals surface area contributed by atoms with Gasteiger partial charge in [0, 0.05) is 30.9 Å². The van der Waals surface area contributed by atoms with Crippen LogP contribution in [-0.2, 0) is 6.42 Å². The molecule has 17 heavy (non-hydrogen) atoms. The number of hydrogen-bond donors (Lipinski definition) is 1. The van der Waals surface area contributed by atoms with E-state index in [0.29, 0.717) is 0 Å². The first-order chi connectivity index (χ1) is 8.25. The van der Waals surface area contributed by atoms with Gasteiger partial charge in [0.05, 0.1) is 5.69 Å². The number of hydrazine groups is 1. The molecule has 0 bridgehead atoms. The van der Waals surface area contributed by atoms with Gasteiger partial charge in [-0.15, -0.1) is 0 Å². The van der Waals surface area contributed by atoms with Crippen molar-refractivity contribution in [3.8, 4) is 0 Å². The van der Waals surface area contributed by atoms with E-state index in [1.165, 1.54) is 42.9 Å². The lowest BCUT2D eigenvalue weighted by Gasteiger charge is -2.33. The summed E-state index contributed by atoms with van der Waals surface area (Å²) in [5.41, 5.74) is 4.09. The monoisotopic (exact) mass is 231 g/mol. The fraction of sp³-hybridized carbons (Fsp3) is 0.571. The second kappa shape index (κ2) is 4.22. The number of hydrogen-bond acceptors (Lipinski definition) is 3. The molecule has 3 heteroatoms. The molecule has 3 rings (SSSR count). The van der Waals surface area contributed by atoms with Crippen LogP contribution >= 0.6 is 0 Å². The van der Waals surface area contributed by atoms with E-state index in [9.17, 15) is 0 Å². The highest BCUT2D eigenvalue weighted by Gasteiger charge is 2.24. The minimum absolute atomic E-state index is 0.883. The maximum atomic E-state index is 5.98. The molecule has 3 nitrogen and oxygen atoms in total. The molecule has 92 valence electrons. The molecule has 0 saturated carbocycles. The SMILES string of the molecule is CC1CCN(c2cccc3c2CCN3N)CC1. The van der Waals surface area contributed by atoms with Crippen LogP contribution in [-0.4, -0.2) is 19.6 Å². The Morgan fingerprint density at radius 3 is 2.59 bits per heavy atom. The Bertz CT molecular complexity index is 408. The zero-order valence-electron chi connectivity index (χ0n) is 10.5. The molecule has 1 aromatic carbocycles. The second-order valence-corrected chi connectivity index (χ2v) is 5.39. The van der Waals surface area contributed by atoms with Crippen LogP contribution in [0.1, 0.15) is 25.3 Å². The minimum Gasteiger partial charge on any atom is -0.371 e. The maximum Gasteiger partial charge on any atom is 0.0570 e. The van der Waals surface area contributed by atoms with Crippen molar-refractivity contribution in [3.63, 3.8) is 0 Å². The van der Waals surface area contributed by atoms with Gasteiger partial charge in [0.15, 0.2) is 0 Å². The van der Waals surface area contributed by atoms with Crippen LogP contribution < -0.4 is 15.8 Å². The quantitative estimate of drug-likeness (QED) is 0.752. The van der Waals surface area contributed by atoms with Gasteiger partial charge in [0.1, 0.15) is 0 Å². The average molecular weight is 231 g/mol. The molecule has 0 amide bonds. The van der Waals surface area contributed by atoms with Crippen molar-refractivity contribution in [1.29, 1.82) is 0 Å². The second-order valence-electron chi connectivity index (χ2n) is 5.39. The van der Waals surface area contributed by atoms with Gasteiger partial charge in [-0.05, 0) is 37.3 Å². The van der Waals surface area contributed by atoms with Crippen LogP contribution in [0.2, 0.25) is 0 Å². The Morgan fingerprint density at radius 1 is 1.12 bits per heavy atom. The molecule has 0 atom stereocenters. The Balaban J connectivity index is 1.89. The van der Waals surface area contributed by atoms with Crippen LogP contribution in [0.4, 0.5) is 11.4 Å². The molecule has 2 heterocycles. The third-order valence-electron chi connectivity index (χ3n) is 4.16. The van der Waals surface area contributed by atoms with Gasteiger partial charge in [-0.2, -0.15) is 0 Å². The highest BCUT2D eigenvalue weighted by molar-refractivity contribution is 5.70. The van der Waals surface area contributed by atoms with Crippen molar-refractivity contribution in [2.45, 2.75) is 26.2 Å². The molecular weight excluding hydrogens is 210 g/mol. The molecule has 1 fully saturated rings. The fourth-order valence-corrected chi connectivity index (χ4v) is 2.99. The molecule has 2 aliphatic heterocycles. The lowest BCUT2D eigenvalue weighted by atomic mass is 9.97. The van der Waals surface area contributed by atoms with E-state index >= 15 is 0 Å². The molecule has 0 spiro atoms. The minimum atomic E-state index is 0.883. The zero-order valence-corrected chi connectivity index (χ0v) is 10.5. The zero-order chi connectivity index (χ0) is 11.8. The third-order valence-corrected chi connectivity index (χ3v) is 4.16. The summed E-state index contributed by atoms with van der Waals surface area (Å²) in [5.74, 6) is 6.87. The van der Waals surface area contributed by atoms with Gasteiger partial charge < -0.3 is 9.91 Å². The van der Waals surface area contributed by atoms with Crippen LogP contribution in [0.15, 0.2) is 18.2 Å². The fourth-order valence-electron chi connectivity index (χ4n) is 2.99. The van der Waals surface area contributed by atoms with Crippen LogP contribution in [0, 0.1) is 5.92 Å². The predicted octanol–water partition coefficient (Wildman–Crippen LogP) is 2.16. The van der Waals surface area contributed by atoms with E-state index in [1.54, 1.807) is 0 Å². The molecule has 1 aromatic rings. The first-order valence-electron chi connectivity index (χ1n) is 6.65. The Hall–Kier alpha value is -1.22. The first kappa shape index (κ1) is 10.9. The Morgan fingerprint density at radius 2 is 1.82 bits per heavy atom. The molecule has 0 aromatic heterocycles. The highest BCUT2D eigenvalue weighted by Crippen LogP contribution is 2.35. The van der Waals surface area contributed by atoms with E-state index < -0.39 is 0 Å². The largest absolute Gasteiger partial charge is 0.371 e. The maximum absolute atomic E-state index is 5.98. The molecule has 2 aliphatic rings. The Kier molecular flexibility index (Phi) is 2.71. The van der Waals surface area contributed by atoms with Crippen molar-refractivity contribution in [3.05, 3.63) is 23.8 Å². The van der Waals surface area contributed by atoms with Crippen molar-refractivity contribution in [2.75, 3.05) is 29.5 Å². The predicted molar refractivity (Wildman–Crippen MR) is 72.3 cm³/mol. The van der Waals surface area contributed by atoms with Gasteiger partial charge >= 0.3 is 0 Å². The van der Waals surface area contributed by atoms with E-state index in [4.69, 9.17) is 5.84 Å². The first-order valence-corrected chi connectivity index (χ1v) is 6.65. The number of rotatable bonds is 1. The van der Waals surface area contributed by atoms with Crippen LogP contribution in [0.5, 0.6) is 0 Å². The molecular formula is C14H21N3. The van der Waals surface area contributed by atoms with Crippen molar-refractivity contribution < 1.29 is 0 Å². The summed E-state index contributed by atoms with van der Waals surface area (Å²) >= 11 is 0. The van der Waals surface area contributed by atoms with E-state index in [1.807, 2.05) is 5.01 Å². The summed E-state index contributed by atoms with van der Waals surface area (Å²) in [6, 6.07) is 6.53. The normalized spacial score (nSPS) is 20.8. The van der Waals surface area contributed by atoms with Crippen LogP contribution in [0.3, 0.4) is 0 Å². The molecule has 0 aliphatic carbocycles. The summed E-state index contributed by atoms with van der Waals surface area (Å²) in [6.07, 6.45) is 3.72. The molecule has 0 radical (unpaired) electrons. The summed E-state index contributed by atoms with van der Waals surface area (Å²) in [5, 5.41) is 1.88. The average Bonchev–Trinajstić information content (AvgIpc) is 2.73. The van der Waals surface area contributed by atoms with Gasteiger partial charge in [0.2, 0.25) is 0 Å². The highest BCUT2D eigenvalue weighted by atomic mass is 15.4. The van der Waals surface area contributed by atoms with Gasteiger partial charge in [0.25, 0.3) is 0 Å². The van der Waals surface area contributed by atoms with Crippen LogP contribution in [0.25, 0.3) is 0 Å². The number of fused-ring (bicyclic) bond motifs is 1. The number of anilines is 2. The molecule has 2 N–H and O–H groups in total. The van der Waals surface area contributed by atoms with Gasteiger partial charge in [-0.1, -0.05) is 13.0 Å². The standard InChI is InChI=1S/C14H21N3/c1-11-5-8-16(9-6-11)13-3-2-4-14-12(13)7-10-17(14)15/h2-4,11H,5-10,15H2,1H3. The lowest BCUT2D eigenvalue weighted by Crippen LogP contribution is -2.33. The summed E-state index contributed by atoms with van der Waals surface area (Å²) in [4.78, 5) is 2.54. The number of nitrogens with two attached hydrogens (primary N) is 1. The smallest absolute Gasteiger partial charge is 0.0570 e. The molecule has 0 unspecified atom stereocenters. The van der Waals surface area contributed by atoms with E-state index in [-0.39, 0.29) is 0 Å². The lowest BCUT2D eigenvalue weighted by molar-refractivity contribution is 0.438. The summed E-state index contributed by atoms with van der Waals surface area (Å²) in [6.45, 7) is 5.70. The Labute approximate surface area is 103 Å². The van der Waals surface area contributed by atoms with Crippen molar-refractivity contribution in [1.82, 2.24) is 0 Å². The molecule has 1 saturated heterocycles. The number of piperidine rings is 1. The van der Waals surface area contributed by atoms with Gasteiger partial charge in [-0.25, -0.2) is 5.84 Å². The topological polar surface area (TPSA) is 32.5 Å². The van der Waals surface area contributed by atoms with Gasteiger partial charge in [-0.3, -0.25) is 0 Å². The third kappa shape index (κ3) is 1.89. The van der Waals surface area contributed by atoms with Crippen molar-refractivity contribution in [2.24, 2.45) is 11.8 Å². The summed E-state index contributed by atoms with van der Waals surface area (Å²) in [7, 11) is 0. The van der Waals surface area contributed by atoms with E-state index in [2.05, 4.69) is 30.0 Å². The summed E-state index contributed by atoms with van der Waals surface area (Å²) < 4.78 is 0.